The quantitative estimate of drug-likeness (QED) is 0.381. The Morgan fingerprint density at radius 3 is 2.46 bits per heavy atom. The van der Waals surface area contributed by atoms with Crippen LogP contribution in [0.25, 0.3) is 0 Å². The molecule has 0 aromatic rings. The van der Waals surface area contributed by atoms with Crippen LogP contribution in [0.5, 0.6) is 0 Å². The number of esters is 1. The maximum atomic E-state index is 11.2. The highest BCUT2D eigenvalue weighted by Crippen LogP contribution is 2.37. The van der Waals surface area contributed by atoms with Crippen LogP contribution in [0.15, 0.2) is 12.2 Å². The van der Waals surface area contributed by atoms with E-state index in [0.717, 1.165) is 19.3 Å². The lowest BCUT2D eigenvalue weighted by molar-refractivity contribution is -0.260. The van der Waals surface area contributed by atoms with Gasteiger partial charge in [0, 0.05) is 25.0 Å². The Morgan fingerprint density at radius 2 is 2.15 bits per heavy atom. The summed E-state index contributed by atoms with van der Waals surface area (Å²) in [4.78, 5) is 11.2. The molecule has 0 aromatic heterocycles. The number of hydrogen-bond donors (Lipinski definition) is 0. The van der Waals surface area contributed by atoms with E-state index in [4.69, 9.17) is 9.47 Å². The zero-order valence-electron chi connectivity index (χ0n) is 8.26. The normalized spacial score (nSPS) is 18.9. The third kappa shape index (κ3) is 2.31. The average Bonchev–Trinajstić information content (AvgIpc) is 2.00. The molecule has 0 N–H and O–H groups in total. The second-order valence-electron chi connectivity index (χ2n) is 3.37. The van der Waals surface area contributed by atoms with E-state index in [2.05, 4.69) is 6.58 Å². The number of carbonyl (C=O) groups excluding carboxylic acids is 1. The number of hydrogen-bond acceptors (Lipinski definition) is 3. The van der Waals surface area contributed by atoms with E-state index in [1.54, 1.807) is 6.92 Å². The van der Waals surface area contributed by atoms with Gasteiger partial charge in [0.25, 0.3) is 0 Å². The van der Waals surface area contributed by atoms with Crippen molar-refractivity contribution in [2.24, 2.45) is 0 Å². The van der Waals surface area contributed by atoms with Gasteiger partial charge in [-0.05, 0) is 20.3 Å². The Kier molecular flexibility index (Phi) is 3.09. The fourth-order valence-electron chi connectivity index (χ4n) is 1.26. The molecule has 1 aliphatic rings. The summed E-state index contributed by atoms with van der Waals surface area (Å²) in [5, 5.41) is 0. The number of rotatable bonds is 4. The Bertz CT molecular complexity index is 216. The summed E-state index contributed by atoms with van der Waals surface area (Å²) in [7, 11) is 0. The van der Waals surface area contributed by atoms with Crippen molar-refractivity contribution in [3.05, 3.63) is 12.2 Å². The molecule has 1 fully saturated rings. The molecule has 0 aliphatic heterocycles. The van der Waals surface area contributed by atoms with Gasteiger partial charge < -0.3 is 9.47 Å². The van der Waals surface area contributed by atoms with Crippen molar-refractivity contribution in [1.82, 2.24) is 0 Å². The van der Waals surface area contributed by atoms with Crippen LogP contribution in [0.4, 0.5) is 0 Å². The summed E-state index contributed by atoms with van der Waals surface area (Å²) in [6.45, 7) is 7.64. The molecule has 3 heteroatoms. The lowest BCUT2D eigenvalue weighted by atomic mass is 9.91. The first-order valence-corrected chi connectivity index (χ1v) is 4.62. The minimum absolute atomic E-state index is 0.354. The van der Waals surface area contributed by atoms with Crippen molar-refractivity contribution < 1.29 is 14.3 Å². The van der Waals surface area contributed by atoms with Crippen LogP contribution in [0.2, 0.25) is 0 Å². The van der Waals surface area contributed by atoms with Crippen molar-refractivity contribution in [3.8, 4) is 0 Å². The van der Waals surface area contributed by atoms with Gasteiger partial charge in [-0.2, -0.15) is 0 Å². The van der Waals surface area contributed by atoms with Gasteiger partial charge >= 0.3 is 5.97 Å². The molecule has 0 radical (unpaired) electrons. The van der Waals surface area contributed by atoms with Crippen LogP contribution in [-0.4, -0.2) is 18.4 Å². The minimum Gasteiger partial charge on any atom is -0.430 e. The summed E-state index contributed by atoms with van der Waals surface area (Å²) in [6, 6.07) is 0. The molecule has 13 heavy (non-hydrogen) atoms. The van der Waals surface area contributed by atoms with Crippen LogP contribution in [0.3, 0.4) is 0 Å². The standard InChI is InChI=1S/C10H16O3/c1-4-12-10(6-5-7-10)13-9(11)8(2)3/h2,4-7H2,1,3H3. The van der Waals surface area contributed by atoms with Crippen molar-refractivity contribution in [1.29, 1.82) is 0 Å². The van der Waals surface area contributed by atoms with Gasteiger partial charge in [0.15, 0.2) is 0 Å². The van der Waals surface area contributed by atoms with Gasteiger partial charge in [-0.25, -0.2) is 4.79 Å². The molecule has 1 rings (SSSR count). The van der Waals surface area contributed by atoms with Gasteiger partial charge in [-0.3, -0.25) is 0 Å². The third-order valence-electron chi connectivity index (χ3n) is 2.15. The van der Waals surface area contributed by atoms with Crippen molar-refractivity contribution in [2.75, 3.05) is 6.61 Å². The molecule has 0 heterocycles. The van der Waals surface area contributed by atoms with Crippen LogP contribution in [0.1, 0.15) is 33.1 Å². The zero-order chi connectivity index (χ0) is 9.90. The lowest BCUT2D eigenvalue weighted by Gasteiger charge is -2.40. The maximum Gasteiger partial charge on any atom is 0.335 e. The Morgan fingerprint density at radius 1 is 1.54 bits per heavy atom. The van der Waals surface area contributed by atoms with Crippen molar-refractivity contribution in [3.63, 3.8) is 0 Å². The largest absolute Gasteiger partial charge is 0.430 e. The first kappa shape index (κ1) is 10.3. The third-order valence-corrected chi connectivity index (χ3v) is 2.15. The van der Waals surface area contributed by atoms with Crippen LogP contribution >= 0.6 is 0 Å². The average molecular weight is 184 g/mol. The van der Waals surface area contributed by atoms with Crippen LogP contribution in [0, 0.1) is 0 Å². The molecule has 0 unspecified atom stereocenters. The van der Waals surface area contributed by atoms with Gasteiger partial charge in [0.05, 0.1) is 0 Å². The van der Waals surface area contributed by atoms with E-state index in [1.807, 2.05) is 6.92 Å². The summed E-state index contributed by atoms with van der Waals surface area (Å²) < 4.78 is 10.6. The van der Waals surface area contributed by atoms with E-state index < -0.39 is 5.79 Å². The van der Waals surface area contributed by atoms with E-state index in [0.29, 0.717) is 12.2 Å². The van der Waals surface area contributed by atoms with Gasteiger partial charge in [-0.15, -0.1) is 0 Å². The molecule has 0 amide bonds. The van der Waals surface area contributed by atoms with E-state index in [1.165, 1.54) is 0 Å². The summed E-state index contributed by atoms with van der Waals surface area (Å²) >= 11 is 0. The first-order valence-electron chi connectivity index (χ1n) is 4.62. The van der Waals surface area contributed by atoms with E-state index >= 15 is 0 Å². The molecule has 1 saturated carbocycles. The van der Waals surface area contributed by atoms with Crippen LogP contribution in [-0.2, 0) is 14.3 Å². The summed E-state index contributed by atoms with van der Waals surface area (Å²) in [5.41, 5.74) is 0.422. The van der Waals surface area contributed by atoms with Crippen molar-refractivity contribution in [2.45, 2.75) is 38.9 Å². The second-order valence-corrected chi connectivity index (χ2v) is 3.37. The smallest absolute Gasteiger partial charge is 0.335 e. The molecular formula is C10H16O3. The Labute approximate surface area is 78.7 Å². The van der Waals surface area contributed by atoms with Crippen molar-refractivity contribution >= 4 is 5.97 Å². The molecule has 0 aromatic carbocycles. The fourth-order valence-corrected chi connectivity index (χ4v) is 1.26. The molecule has 0 saturated heterocycles. The van der Waals surface area contributed by atoms with E-state index in [-0.39, 0.29) is 5.97 Å². The van der Waals surface area contributed by atoms with Gasteiger partial charge in [0.1, 0.15) is 0 Å². The van der Waals surface area contributed by atoms with Gasteiger partial charge in [-0.1, -0.05) is 6.58 Å². The predicted octanol–water partition coefficient (Wildman–Crippen LogP) is 2.02. The Hall–Kier alpha value is -0.830. The highest BCUT2D eigenvalue weighted by molar-refractivity contribution is 5.87. The number of carbonyl (C=O) groups is 1. The van der Waals surface area contributed by atoms with E-state index in [9.17, 15) is 4.79 Å². The monoisotopic (exact) mass is 184 g/mol. The highest BCUT2D eigenvalue weighted by Gasteiger charge is 2.41. The molecular weight excluding hydrogens is 168 g/mol. The molecule has 74 valence electrons. The summed E-state index contributed by atoms with van der Waals surface area (Å²) in [6.07, 6.45) is 2.67. The first-order chi connectivity index (χ1) is 6.09. The maximum absolute atomic E-state index is 11.2. The second kappa shape index (κ2) is 3.92. The fraction of sp³-hybridized carbons (Fsp3) is 0.700. The zero-order valence-corrected chi connectivity index (χ0v) is 8.26. The molecule has 0 atom stereocenters. The SMILES string of the molecule is C=C(C)C(=O)OC1(OCC)CCC1. The number of ether oxygens (including phenoxy) is 2. The minimum atomic E-state index is -0.634. The molecule has 1 aliphatic carbocycles. The lowest BCUT2D eigenvalue weighted by Crippen LogP contribution is -2.44. The van der Waals surface area contributed by atoms with Crippen LogP contribution < -0.4 is 0 Å². The molecule has 0 spiro atoms. The predicted molar refractivity (Wildman–Crippen MR) is 49.1 cm³/mol. The summed E-state index contributed by atoms with van der Waals surface area (Å²) in [5.74, 6) is -0.988. The topological polar surface area (TPSA) is 35.5 Å². The highest BCUT2D eigenvalue weighted by atomic mass is 16.7. The molecule has 0 bridgehead atoms. The Balaban J connectivity index is 2.48. The molecule has 3 nitrogen and oxygen atoms in total. The van der Waals surface area contributed by atoms with Gasteiger partial charge in [0.2, 0.25) is 5.79 Å².